The molecule has 0 aliphatic heterocycles. The number of amides is 1. The molecule has 6 heteroatoms. The minimum Gasteiger partial charge on any atom is -0.495 e. The van der Waals surface area contributed by atoms with Gasteiger partial charge in [-0.15, -0.1) is 0 Å². The van der Waals surface area contributed by atoms with Crippen molar-refractivity contribution in [1.29, 1.82) is 5.26 Å². The van der Waals surface area contributed by atoms with E-state index >= 15 is 0 Å². The summed E-state index contributed by atoms with van der Waals surface area (Å²) in [5, 5.41) is 14.0. The summed E-state index contributed by atoms with van der Waals surface area (Å²) in [5.41, 5.74) is 7.09. The number of nitriles is 1. The lowest BCUT2D eigenvalue weighted by atomic mass is 9.87. The van der Waals surface area contributed by atoms with Crippen LogP contribution in [0.5, 0.6) is 5.75 Å². The number of hydrogen-bond acceptors (Lipinski definition) is 4. The second-order valence-corrected chi connectivity index (χ2v) is 9.15. The Kier molecular flexibility index (Phi) is 6.30. The summed E-state index contributed by atoms with van der Waals surface area (Å²) in [6.45, 7) is 3.99. The Labute approximate surface area is 210 Å². The van der Waals surface area contributed by atoms with E-state index in [2.05, 4.69) is 40.2 Å². The molecule has 5 rings (SSSR count). The maximum Gasteiger partial charge on any atom is 0.248 e. The van der Waals surface area contributed by atoms with Crippen LogP contribution in [-0.4, -0.2) is 22.6 Å². The summed E-state index contributed by atoms with van der Waals surface area (Å²) in [6.07, 6.45) is 6.25. The van der Waals surface area contributed by atoms with Crippen LogP contribution in [0.2, 0.25) is 0 Å². The number of methoxy groups -OCH3 is 1. The van der Waals surface area contributed by atoms with Crippen molar-refractivity contribution in [3.63, 3.8) is 0 Å². The fraction of sp³-hybridized carbons (Fsp3) is 0.233. The second kappa shape index (κ2) is 9.71. The average molecular weight is 477 g/mol. The molecule has 0 fully saturated rings. The SMILES string of the molecule is COc1ccccc1NC(=O)/C=C/c1c(C#N)c2c(C)cc(C)nc2n1[C@H]1CCCc2ccccc21. The fourth-order valence-corrected chi connectivity index (χ4v) is 5.33. The molecule has 0 spiro atoms. The molecule has 0 bridgehead atoms. The Morgan fingerprint density at radius 3 is 2.78 bits per heavy atom. The number of aryl methyl sites for hydroxylation is 3. The maximum atomic E-state index is 12.9. The van der Waals surface area contributed by atoms with Crippen molar-refractivity contribution in [1.82, 2.24) is 9.55 Å². The number of pyridine rings is 1. The summed E-state index contributed by atoms with van der Waals surface area (Å²) in [6, 6.07) is 20.2. The van der Waals surface area contributed by atoms with Gasteiger partial charge in [0.2, 0.25) is 5.91 Å². The lowest BCUT2D eigenvalue weighted by Gasteiger charge is -2.28. The minimum absolute atomic E-state index is 0.0326. The molecular formula is C30H28N4O2. The van der Waals surface area contributed by atoms with Crippen molar-refractivity contribution in [2.75, 3.05) is 12.4 Å². The Morgan fingerprint density at radius 1 is 1.19 bits per heavy atom. The van der Waals surface area contributed by atoms with Crippen LogP contribution in [0, 0.1) is 25.2 Å². The summed E-state index contributed by atoms with van der Waals surface area (Å²) >= 11 is 0. The second-order valence-electron chi connectivity index (χ2n) is 9.15. The van der Waals surface area contributed by atoms with E-state index in [1.165, 1.54) is 17.2 Å². The highest BCUT2D eigenvalue weighted by atomic mass is 16.5. The normalized spacial score (nSPS) is 15.0. The first-order valence-corrected chi connectivity index (χ1v) is 12.1. The first kappa shape index (κ1) is 23.4. The lowest BCUT2D eigenvalue weighted by molar-refractivity contribution is -0.111. The number of rotatable bonds is 5. The van der Waals surface area contributed by atoms with E-state index in [4.69, 9.17) is 9.72 Å². The van der Waals surface area contributed by atoms with E-state index < -0.39 is 0 Å². The number of anilines is 1. The van der Waals surface area contributed by atoms with Crippen molar-refractivity contribution in [2.45, 2.75) is 39.2 Å². The highest BCUT2D eigenvalue weighted by molar-refractivity contribution is 6.03. The van der Waals surface area contributed by atoms with Gasteiger partial charge in [-0.3, -0.25) is 4.79 Å². The van der Waals surface area contributed by atoms with Crippen LogP contribution in [0.3, 0.4) is 0 Å². The van der Waals surface area contributed by atoms with E-state index in [1.54, 1.807) is 25.3 Å². The van der Waals surface area contributed by atoms with E-state index in [9.17, 15) is 10.1 Å². The molecule has 1 aliphatic rings. The Bertz CT molecular complexity index is 1540. The van der Waals surface area contributed by atoms with E-state index in [0.717, 1.165) is 41.6 Å². The van der Waals surface area contributed by atoms with Crippen LogP contribution >= 0.6 is 0 Å². The quantitative estimate of drug-likeness (QED) is 0.352. The predicted molar refractivity (Wildman–Crippen MR) is 142 cm³/mol. The molecule has 0 radical (unpaired) electrons. The number of aromatic nitrogens is 2. The van der Waals surface area contributed by atoms with E-state index in [0.29, 0.717) is 22.7 Å². The fourth-order valence-electron chi connectivity index (χ4n) is 5.33. The van der Waals surface area contributed by atoms with Crippen LogP contribution in [0.15, 0.2) is 60.7 Å². The third-order valence-electron chi connectivity index (χ3n) is 6.84. The van der Waals surface area contributed by atoms with Crippen molar-refractivity contribution in [3.8, 4) is 11.8 Å². The van der Waals surface area contributed by atoms with Crippen LogP contribution < -0.4 is 10.1 Å². The summed E-state index contributed by atoms with van der Waals surface area (Å²) in [7, 11) is 1.57. The summed E-state index contributed by atoms with van der Waals surface area (Å²) in [5.74, 6) is 0.283. The van der Waals surface area contributed by atoms with Gasteiger partial charge in [-0.2, -0.15) is 5.26 Å². The summed E-state index contributed by atoms with van der Waals surface area (Å²) < 4.78 is 7.51. The zero-order chi connectivity index (χ0) is 25.2. The molecule has 2 aromatic heterocycles. The summed E-state index contributed by atoms with van der Waals surface area (Å²) in [4.78, 5) is 17.8. The molecule has 2 heterocycles. The average Bonchev–Trinajstić information content (AvgIpc) is 3.20. The molecule has 1 atom stereocenters. The van der Waals surface area contributed by atoms with Crippen molar-refractivity contribution in [3.05, 3.63) is 94.3 Å². The monoisotopic (exact) mass is 476 g/mol. The zero-order valence-corrected chi connectivity index (χ0v) is 20.7. The largest absolute Gasteiger partial charge is 0.495 e. The number of hydrogen-bond donors (Lipinski definition) is 1. The molecule has 2 aromatic carbocycles. The number of fused-ring (bicyclic) bond motifs is 2. The first-order chi connectivity index (χ1) is 17.5. The van der Waals surface area contributed by atoms with Gasteiger partial charge < -0.3 is 14.6 Å². The molecule has 36 heavy (non-hydrogen) atoms. The van der Waals surface area contributed by atoms with Crippen LogP contribution in [-0.2, 0) is 11.2 Å². The minimum atomic E-state index is -0.301. The first-order valence-electron chi connectivity index (χ1n) is 12.1. The Hall–Kier alpha value is -4.37. The Morgan fingerprint density at radius 2 is 1.97 bits per heavy atom. The number of carbonyl (C=O) groups excluding carboxylic acids is 1. The van der Waals surface area contributed by atoms with Crippen molar-refractivity contribution < 1.29 is 9.53 Å². The number of ether oxygens (including phenoxy) is 1. The van der Waals surface area contributed by atoms with E-state index in [-0.39, 0.29) is 11.9 Å². The van der Waals surface area contributed by atoms with Gasteiger partial charge in [-0.25, -0.2) is 4.98 Å². The third-order valence-corrected chi connectivity index (χ3v) is 6.84. The topological polar surface area (TPSA) is 79.9 Å². The van der Waals surface area contributed by atoms with Gasteiger partial charge in [0.05, 0.1) is 30.1 Å². The smallest absolute Gasteiger partial charge is 0.248 e. The zero-order valence-electron chi connectivity index (χ0n) is 20.7. The molecular weight excluding hydrogens is 448 g/mol. The van der Waals surface area contributed by atoms with Crippen LogP contribution in [0.25, 0.3) is 17.1 Å². The molecule has 0 saturated heterocycles. The van der Waals surface area contributed by atoms with Gasteiger partial charge >= 0.3 is 0 Å². The third kappa shape index (κ3) is 4.14. The Balaban J connectivity index is 1.65. The van der Waals surface area contributed by atoms with Crippen LogP contribution in [0.1, 0.15) is 52.5 Å². The van der Waals surface area contributed by atoms with E-state index in [1.807, 2.05) is 32.0 Å². The standard InChI is InChI=1S/C30H28N4O2/c1-19-17-20(2)32-30-29(19)23(18-31)26(15-16-28(35)33-24-12-6-7-14-27(24)36-3)34(30)25-13-8-10-21-9-4-5-11-22(21)25/h4-7,9,11-12,14-17,25H,8,10,13H2,1-3H3,(H,33,35)/b16-15+/t25-/m0/s1. The van der Waals surface area contributed by atoms with Gasteiger partial charge in [-0.1, -0.05) is 36.4 Å². The van der Waals surface area contributed by atoms with Gasteiger partial charge in [0.15, 0.2) is 0 Å². The predicted octanol–water partition coefficient (Wildman–Crippen LogP) is 6.11. The highest BCUT2D eigenvalue weighted by Crippen LogP contribution is 2.39. The number of benzene rings is 2. The van der Waals surface area contributed by atoms with Gasteiger partial charge in [-0.05, 0) is 74.1 Å². The number of para-hydroxylation sites is 2. The molecule has 0 unspecified atom stereocenters. The molecule has 1 N–H and O–H groups in total. The molecule has 1 amide bonds. The number of carbonyl (C=O) groups is 1. The number of nitrogens with one attached hydrogen (secondary N) is 1. The molecule has 180 valence electrons. The molecule has 4 aromatic rings. The molecule has 1 aliphatic carbocycles. The highest BCUT2D eigenvalue weighted by Gasteiger charge is 2.28. The van der Waals surface area contributed by atoms with Crippen molar-refractivity contribution >= 4 is 28.7 Å². The molecule has 0 saturated carbocycles. The molecule has 6 nitrogen and oxygen atoms in total. The van der Waals surface area contributed by atoms with Gasteiger partial charge in [0.25, 0.3) is 0 Å². The van der Waals surface area contributed by atoms with Gasteiger partial charge in [0, 0.05) is 17.2 Å². The van der Waals surface area contributed by atoms with Crippen LogP contribution in [0.4, 0.5) is 5.69 Å². The van der Waals surface area contributed by atoms with Gasteiger partial charge in [0.1, 0.15) is 17.5 Å². The lowest BCUT2D eigenvalue weighted by Crippen LogP contribution is -2.19. The maximum absolute atomic E-state index is 12.9. The number of nitrogens with zero attached hydrogens (tertiary/aromatic N) is 3. The van der Waals surface area contributed by atoms with Crippen molar-refractivity contribution in [2.24, 2.45) is 0 Å².